The first-order valence-corrected chi connectivity index (χ1v) is 11.8. The zero-order valence-corrected chi connectivity index (χ0v) is 20.0. The van der Waals surface area contributed by atoms with E-state index >= 15 is 0 Å². The minimum Gasteiger partial charge on any atom is -0.480 e. The molecule has 2 aromatic carbocycles. The van der Waals surface area contributed by atoms with Gasteiger partial charge in [0.05, 0.1) is 0 Å². The molecule has 7 nitrogen and oxygen atoms in total. The van der Waals surface area contributed by atoms with Gasteiger partial charge in [-0.15, -0.1) is 0 Å². The van der Waals surface area contributed by atoms with E-state index in [1.54, 1.807) is 6.92 Å². The van der Waals surface area contributed by atoms with Gasteiger partial charge < -0.3 is 20.1 Å². The fourth-order valence-corrected chi connectivity index (χ4v) is 5.11. The zero-order chi connectivity index (χ0) is 24.5. The molecular weight excluding hydrogens is 432 g/mol. The predicted molar refractivity (Wildman–Crippen MR) is 129 cm³/mol. The number of alkyl carbamates (subject to hydrolysis) is 1. The topological polar surface area (TPSA) is 95.9 Å². The highest BCUT2D eigenvalue weighted by molar-refractivity contribution is 5.87. The van der Waals surface area contributed by atoms with Gasteiger partial charge in [-0.25, -0.2) is 9.59 Å². The van der Waals surface area contributed by atoms with Gasteiger partial charge in [-0.1, -0.05) is 48.5 Å². The van der Waals surface area contributed by atoms with Crippen LogP contribution in [0.25, 0.3) is 11.1 Å². The first kappa shape index (κ1) is 23.8. The maximum absolute atomic E-state index is 12.7. The smallest absolute Gasteiger partial charge is 0.407 e. The van der Waals surface area contributed by atoms with Gasteiger partial charge in [0.1, 0.15) is 12.1 Å². The highest BCUT2D eigenvalue weighted by Crippen LogP contribution is 2.44. The molecule has 2 aliphatic rings. The molecule has 2 N–H and O–H groups in total. The second-order valence-corrected chi connectivity index (χ2v) is 10.1. The van der Waals surface area contributed by atoms with Crippen molar-refractivity contribution < 1.29 is 24.2 Å². The molecule has 34 heavy (non-hydrogen) atoms. The van der Waals surface area contributed by atoms with Crippen LogP contribution in [0.1, 0.15) is 63.5 Å². The van der Waals surface area contributed by atoms with Crippen molar-refractivity contribution in [1.29, 1.82) is 0 Å². The van der Waals surface area contributed by atoms with Gasteiger partial charge in [0.2, 0.25) is 5.91 Å². The van der Waals surface area contributed by atoms with Gasteiger partial charge in [-0.2, -0.15) is 0 Å². The van der Waals surface area contributed by atoms with Crippen LogP contribution in [-0.2, 0) is 14.3 Å². The van der Waals surface area contributed by atoms with Gasteiger partial charge in [-0.05, 0) is 62.3 Å². The van der Waals surface area contributed by atoms with Crippen molar-refractivity contribution in [3.63, 3.8) is 0 Å². The van der Waals surface area contributed by atoms with Crippen molar-refractivity contribution in [2.24, 2.45) is 0 Å². The van der Waals surface area contributed by atoms with Gasteiger partial charge in [0.15, 0.2) is 0 Å². The van der Waals surface area contributed by atoms with E-state index in [-0.39, 0.29) is 24.9 Å². The number of carboxylic acids is 1. The number of hydrogen-bond donors (Lipinski definition) is 2. The third kappa shape index (κ3) is 4.52. The van der Waals surface area contributed by atoms with E-state index in [1.165, 1.54) is 16.0 Å². The largest absolute Gasteiger partial charge is 0.480 e. The number of fused-ring (bicyclic) bond motifs is 3. The monoisotopic (exact) mass is 464 g/mol. The third-order valence-electron chi connectivity index (χ3n) is 7.15. The zero-order valence-electron chi connectivity index (χ0n) is 20.0. The maximum atomic E-state index is 12.7. The molecule has 1 aliphatic heterocycles. The molecule has 0 unspecified atom stereocenters. The molecule has 0 aromatic heterocycles. The first-order valence-electron chi connectivity index (χ1n) is 11.8. The van der Waals surface area contributed by atoms with E-state index in [0.717, 1.165) is 11.1 Å². The molecule has 0 saturated carbocycles. The fourth-order valence-electron chi connectivity index (χ4n) is 5.11. The average molecular weight is 465 g/mol. The minimum atomic E-state index is -1.15. The Labute approximate surface area is 200 Å². The SMILES string of the molecule is CC(C)(CCC(=O)N1CCC[C@]1(C)C(=O)O)NC(=O)OCC1c2ccccc2-c2ccccc21. The Morgan fingerprint density at radius 2 is 1.68 bits per heavy atom. The molecular formula is C27H32N2O5. The number of nitrogens with zero attached hydrogens (tertiary/aromatic N) is 1. The molecule has 1 saturated heterocycles. The standard InChI is InChI=1S/C27H32N2O5/c1-26(2,15-13-23(30)29-16-8-14-27(29,3)24(31)32)28-25(33)34-17-22-20-11-6-4-9-18(20)19-10-5-7-12-21(19)22/h4-7,9-12,22H,8,13-17H2,1-3H3,(H,28,33)(H,31,32)/t27-/m1/s1. The lowest BCUT2D eigenvalue weighted by molar-refractivity contribution is -0.155. The van der Waals surface area contributed by atoms with E-state index in [2.05, 4.69) is 29.6 Å². The second-order valence-electron chi connectivity index (χ2n) is 10.1. The van der Waals surface area contributed by atoms with Crippen LogP contribution in [0.2, 0.25) is 0 Å². The lowest BCUT2D eigenvalue weighted by Gasteiger charge is -2.33. The molecule has 2 amide bonds. The number of ether oxygens (including phenoxy) is 1. The van der Waals surface area contributed by atoms with Crippen molar-refractivity contribution in [3.8, 4) is 11.1 Å². The van der Waals surface area contributed by atoms with Crippen LogP contribution in [0.4, 0.5) is 4.79 Å². The van der Waals surface area contributed by atoms with Crippen molar-refractivity contribution in [3.05, 3.63) is 59.7 Å². The van der Waals surface area contributed by atoms with Gasteiger partial charge >= 0.3 is 12.1 Å². The number of rotatable bonds is 7. The quantitative estimate of drug-likeness (QED) is 0.627. The minimum absolute atomic E-state index is 0.0216. The number of carboxylic acid groups (broad SMARTS) is 1. The molecule has 0 bridgehead atoms. The fraction of sp³-hybridized carbons (Fsp3) is 0.444. The predicted octanol–water partition coefficient (Wildman–Crippen LogP) is 4.55. The van der Waals surface area contributed by atoms with Gasteiger partial charge in [0.25, 0.3) is 0 Å². The van der Waals surface area contributed by atoms with Crippen LogP contribution in [0.3, 0.4) is 0 Å². The van der Waals surface area contributed by atoms with E-state index in [9.17, 15) is 19.5 Å². The summed E-state index contributed by atoms with van der Waals surface area (Å²) in [6.45, 7) is 5.94. The summed E-state index contributed by atoms with van der Waals surface area (Å²) in [5.41, 5.74) is 2.79. The summed E-state index contributed by atoms with van der Waals surface area (Å²) in [7, 11) is 0. The molecule has 1 aliphatic carbocycles. The first-order chi connectivity index (χ1) is 16.1. The molecule has 180 valence electrons. The lowest BCUT2D eigenvalue weighted by Crippen LogP contribution is -2.51. The Bertz CT molecular complexity index is 1070. The van der Waals surface area contributed by atoms with Crippen molar-refractivity contribution in [2.45, 2.75) is 63.5 Å². The summed E-state index contributed by atoms with van der Waals surface area (Å²) in [6, 6.07) is 16.3. The van der Waals surface area contributed by atoms with Crippen LogP contribution in [-0.4, -0.2) is 52.2 Å². The summed E-state index contributed by atoms with van der Waals surface area (Å²) in [5, 5.41) is 12.4. The Hall–Kier alpha value is -3.35. The van der Waals surface area contributed by atoms with E-state index < -0.39 is 23.1 Å². The van der Waals surface area contributed by atoms with Gasteiger partial charge in [-0.3, -0.25) is 4.79 Å². The highest BCUT2D eigenvalue weighted by Gasteiger charge is 2.45. The average Bonchev–Trinajstić information content (AvgIpc) is 3.35. The van der Waals surface area contributed by atoms with Crippen LogP contribution in [0.15, 0.2) is 48.5 Å². The van der Waals surface area contributed by atoms with Crippen LogP contribution in [0.5, 0.6) is 0 Å². The lowest BCUT2D eigenvalue weighted by atomic mass is 9.96. The summed E-state index contributed by atoms with van der Waals surface area (Å²) >= 11 is 0. The number of amides is 2. The molecule has 0 radical (unpaired) electrons. The summed E-state index contributed by atoms with van der Waals surface area (Å²) in [6.07, 6.45) is 1.13. The Kier molecular flexibility index (Phi) is 6.39. The molecule has 0 spiro atoms. The highest BCUT2D eigenvalue weighted by atomic mass is 16.5. The molecule has 1 atom stereocenters. The number of likely N-dealkylation sites (tertiary alicyclic amines) is 1. The summed E-state index contributed by atoms with van der Waals surface area (Å²) < 4.78 is 5.62. The molecule has 7 heteroatoms. The van der Waals surface area contributed by atoms with Crippen molar-refractivity contribution in [2.75, 3.05) is 13.2 Å². The van der Waals surface area contributed by atoms with Gasteiger partial charge in [0, 0.05) is 24.4 Å². The van der Waals surface area contributed by atoms with Crippen LogP contribution >= 0.6 is 0 Å². The maximum Gasteiger partial charge on any atom is 0.407 e. The Morgan fingerprint density at radius 3 is 2.26 bits per heavy atom. The molecule has 4 rings (SSSR count). The van der Waals surface area contributed by atoms with Crippen molar-refractivity contribution in [1.82, 2.24) is 10.2 Å². The normalized spacial score (nSPS) is 19.4. The number of nitrogens with one attached hydrogen (secondary N) is 1. The molecule has 1 fully saturated rings. The van der Waals surface area contributed by atoms with E-state index in [0.29, 0.717) is 25.8 Å². The van der Waals surface area contributed by atoms with E-state index in [1.807, 2.05) is 38.1 Å². The second kappa shape index (κ2) is 9.12. The van der Waals surface area contributed by atoms with E-state index in [4.69, 9.17) is 4.74 Å². The van der Waals surface area contributed by atoms with Crippen LogP contribution < -0.4 is 5.32 Å². The van der Waals surface area contributed by atoms with Crippen molar-refractivity contribution >= 4 is 18.0 Å². The third-order valence-corrected chi connectivity index (χ3v) is 7.15. The summed E-state index contributed by atoms with van der Waals surface area (Å²) in [4.78, 5) is 38.5. The molecule has 1 heterocycles. The number of carbonyl (C=O) groups is 3. The van der Waals surface area contributed by atoms with Crippen LogP contribution in [0, 0.1) is 0 Å². The summed E-state index contributed by atoms with van der Waals surface area (Å²) in [5.74, 6) is -1.20. The molecule has 2 aromatic rings. The number of hydrogen-bond acceptors (Lipinski definition) is 4. The Balaban J connectivity index is 1.33. The number of carbonyl (C=O) groups excluding carboxylic acids is 2. The number of benzene rings is 2. The number of aliphatic carboxylic acids is 1. The Morgan fingerprint density at radius 1 is 1.09 bits per heavy atom.